The van der Waals surface area contributed by atoms with E-state index in [2.05, 4.69) is 12.2 Å². The molecule has 88 valence electrons. The van der Waals surface area contributed by atoms with Gasteiger partial charge in [0.1, 0.15) is 12.4 Å². The van der Waals surface area contributed by atoms with Gasteiger partial charge in [-0.25, -0.2) is 0 Å². The smallest absolute Gasteiger partial charge is 0.488 e. The molecule has 1 aliphatic rings. The van der Waals surface area contributed by atoms with E-state index in [1.165, 1.54) is 5.57 Å². The molecule has 1 aliphatic carbocycles. The Bertz CT molecular complexity index is 421. The molecule has 1 aromatic rings. The molecule has 3 nitrogen and oxygen atoms in total. The van der Waals surface area contributed by atoms with E-state index in [1.807, 2.05) is 6.08 Å². The molecule has 0 spiro atoms. The largest absolute Gasteiger partial charge is 0.489 e. The summed E-state index contributed by atoms with van der Waals surface area (Å²) in [5.74, 6) is 0.741. The van der Waals surface area contributed by atoms with Gasteiger partial charge in [0.05, 0.1) is 0 Å². The predicted octanol–water partition coefficient (Wildman–Crippen LogP) is 1.02. The molecule has 17 heavy (non-hydrogen) atoms. The Morgan fingerprint density at radius 2 is 1.94 bits per heavy atom. The van der Waals surface area contributed by atoms with E-state index in [-0.39, 0.29) is 0 Å². The van der Waals surface area contributed by atoms with E-state index in [1.54, 1.807) is 24.3 Å². The maximum Gasteiger partial charge on any atom is 0.488 e. The maximum absolute atomic E-state index is 8.95. The van der Waals surface area contributed by atoms with E-state index in [4.69, 9.17) is 14.8 Å². The number of ether oxygens (including phenoxy) is 1. The van der Waals surface area contributed by atoms with Crippen molar-refractivity contribution in [2.75, 3.05) is 6.61 Å². The minimum Gasteiger partial charge on any atom is -0.489 e. The second kappa shape index (κ2) is 5.71. The van der Waals surface area contributed by atoms with E-state index < -0.39 is 7.12 Å². The van der Waals surface area contributed by atoms with E-state index in [0.717, 1.165) is 18.6 Å². The van der Waals surface area contributed by atoms with Crippen LogP contribution in [0.5, 0.6) is 5.75 Å². The summed E-state index contributed by atoms with van der Waals surface area (Å²) in [4.78, 5) is 0. The summed E-state index contributed by atoms with van der Waals surface area (Å²) in [6.07, 6.45) is 8.39. The monoisotopic (exact) mass is 230 g/mol. The van der Waals surface area contributed by atoms with Gasteiger partial charge in [0.2, 0.25) is 0 Å². The Labute approximate surface area is 101 Å². The molecule has 0 unspecified atom stereocenters. The average molecular weight is 230 g/mol. The number of allylic oxidation sites excluding steroid dienone is 3. The summed E-state index contributed by atoms with van der Waals surface area (Å²) in [7, 11) is -1.42. The quantitative estimate of drug-likeness (QED) is 0.759. The lowest BCUT2D eigenvalue weighted by molar-refractivity contribution is 0.347. The summed E-state index contributed by atoms with van der Waals surface area (Å²) >= 11 is 0. The lowest BCUT2D eigenvalue weighted by Crippen LogP contribution is -2.29. The molecule has 0 amide bonds. The SMILES string of the molecule is OB(O)c1ccc(OCC2=CC=CCC2)cc1. The Balaban J connectivity index is 1.90. The highest BCUT2D eigenvalue weighted by Crippen LogP contribution is 2.14. The third-order valence-corrected chi connectivity index (χ3v) is 2.70. The minimum atomic E-state index is -1.42. The van der Waals surface area contributed by atoms with Gasteiger partial charge in [-0.2, -0.15) is 0 Å². The summed E-state index contributed by atoms with van der Waals surface area (Å²) < 4.78 is 5.61. The van der Waals surface area contributed by atoms with Crippen molar-refractivity contribution in [2.24, 2.45) is 0 Å². The standard InChI is InChI=1S/C13H15BO3/c15-14(16)12-6-8-13(9-7-12)17-10-11-4-2-1-3-5-11/h1-2,4,6-9,15-16H,3,5,10H2. The molecule has 1 aromatic carbocycles. The van der Waals surface area contributed by atoms with Crippen LogP contribution in [-0.4, -0.2) is 23.8 Å². The van der Waals surface area contributed by atoms with Crippen LogP contribution in [0.15, 0.2) is 48.1 Å². The second-order valence-corrected chi connectivity index (χ2v) is 4.02. The molecule has 4 heteroatoms. The molecule has 0 bridgehead atoms. The van der Waals surface area contributed by atoms with Crippen LogP contribution in [-0.2, 0) is 0 Å². The van der Waals surface area contributed by atoms with Crippen LogP contribution in [0, 0.1) is 0 Å². The zero-order valence-corrected chi connectivity index (χ0v) is 9.54. The molecular weight excluding hydrogens is 215 g/mol. The van der Waals surface area contributed by atoms with Crippen molar-refractivity contribution in [2.45, 2.75) is 12.8 Å². The van der Waals surface area contributed by atoms with Gasteiger partial charge in [-0.1, -0.05) is 30.4 Å². The highest BCUT2D eigenvalue weighted by Gasteiger charge is 2.10. The van der Waals surface area contributed by atoms with Crippen molar-refractivity contribution in [3.05, 3.63) is 48.1 Å². The molecule has 2 N–H and O–H groups in total. The van der Waals surface area contributed by atoms with Crippen molar-refractivity contribution in [1.29, 1.82) is 0 Å². The van der Waals surface area contributed by atoms with Crippen molar-refractivity contribution >= 4 is 12.6 Å². The van der Waals surface area contributed by atoms with Crippen LogP contribution in [0.2, 0.25) is 0 Å². The zero-order valence-electron chi connectivity index (χ0n) is 9.54. The molecule has 0 fully saturated rings. The van der Waals surface area contributed by atoms with Gasteiger partial charge in [0.15, 0.2) is 0 Å². The third kappa shape index (κ3) is 3.48. The van der Waals surface area contributed by atoms with Crippen LogP contribution >= 0.6 is 0 Å². The van der Waals surface area contributed by atoms with Gasteiger partial charge < -0.3 is 14.8 Å². The summed E-state index contributed by atoms with van der Waals surface area (Å²) in [6, 6.07) is 6.78. The van der Waals surface area contributed by atoms with Crippen LogP contribution in [0.4, 0.5) is 0 Å². The number of hydrogen-bond acceptors (Lipinski definition) is 3. The van der Waals surface area contributed by atoms with E-state index >= 15 is 0 Å². The van der Waals surface area contributed by atoms with Crippen molar-refractivity contribution in [3.63, 3.8) is 0 Å². The van der Waals surface area contributed by atoms with E-state index in [9.17, 15) is 0 Å². The Morgan fingerprint density at radius 1 is 1.18 bits per heavy atom. The number of rotatable bonds is 4. The minimum absolute atomic E-state index is 0.470. The average Bonchev–Trinajstić information content (AvgIpc) is 2.38. The molecule has 0 saturated heterocycles. The second-order valence-electron chi connectivity index (χ2n) is 4.02. The topological polar surface area (TPSA) is 49.7 Å². The van der Waals surface area contributed by atoms with Gasteiger partial charge in [-0.05, 0) is 36.0 Å². The van der Waals surface area contributed by atoms with Gasteiger partial charge in [-0.15, -0.1) is 0 Å². The van der Waals surface area contributed by atoms with Crippen LogP contribution in [0.3, 0.4) is 0 Å². The van der Waals surface area contributed by atoms with Crippen LogP contribution < -0.4 is 10.2 Å². The van der Waals surface area contributed by atoms with Crippen molar-refractivity contribution < 1.29 is 14.8 Å². The fourth-order valence-electron chi connectivity index (χ4n) is 1.68. The van der Waals surface area contributed by atoms with Gasteiger partial charge >= 0.3 is 7.12 Å². The molecule has 0 heterocycles. The van der Waals surface area contributed by atoms with E-state index in [0.29, 0.717) is 12.1 Å². The first-order valence-electron chi connectivity index (χ1n) is 5.69. The van der Waals surface area contributed by atoms with Crippen LogP contribution in [0.1, 0.15) is 12.8 Å². The highest BCUT2D eigenvalue weighted by atomic mass is 16.5. The fraction of sp³-hybridized carbons (Fsp3) is 0.231. The normalized spacial score (nSPS) is 14.4. The van der Waals surface area contributed by atoms with Crippen LogP contribution in [0.25, 0.3) is 0 Å². The first-order chi connectivity index (χ1) is 8.25. The third-order valence-electron chi connectivity index (χ3n) is 2.70. The Morgan fingerprint density at radius 3 is 2.53 bits per heavy atom. The van der Waals surface area contributed by atoms with Crippen molar-refractivity contribution in [3.8, 4) is 5.75 Å². The highest BCUT2D eigenvalue weighted by molar-refractivity contribution is 6.58. The molecule has 0 aromatic heterocycles. The van der Waals surface area contributed by atoms with Gasteiger partial charge in [-0.3, -0.25) is 0 Å². The summed E-state index contributed by atoms with van der Waals surface area (Å²) in [6.45, 7) is 0.589. The Hall–Kier alpha value is -1.52. The molecule has 0 saturated carbocycles. The molecular formula is C13H15BO3. The maximum atomic E-state index is 8.95. The first-order valence-corrected chi connectivity index (χ1v) is 5.69. The number of benzene rings is 1. The predicted molar refractivity (Wildman–Crippen MR) is 68.2 cm³/mol. The zero-order chi connectivity index (χ0) is 12.1. The molecule has 0 radical (unpaired) electrons. The van der Waals surface area contributed by atoms with Gasteiger partial charge in [0.25, 0.3) is 0 Å². The summed E-state index contributed by atoms with van der Waals surface area (Å²) in [5, 5.41) is 17.9. The first kappa shape index (κ1) is 12.0. The number of hydrogen-bond donors (Lipinski definition) is 2. The van der Waals surface area contributed by atoms with Gasteiger partial charge in [0, 0.05) is 0 Å². The molecule has 0 atom stereocenters. The lowest BCUT2D eigenvalue weighted by atomic mass is 9.80. The summed E-state index contributed by atoms with van der Waals surface area (Å²) in [5.41, 5.74) is 1.75. The molecule has 0 aliphatic heterocycles. The Kier molecular flexibility index (Phi) is 4.01. The van der Waals surface area contributed by atoms with Crippen molar-refractivity contribution in [1.82, 2.24) is 0 Å². The fourth-order valence-corrected chi connectivity index (χ4v) is 1.68. The lowest BCUT2D eigenvalue weighted by Gasteiger charge is -2.11. The molecule has 2 rings (SSSR count).